The molecule has 0 atom stereocenters. The maximum absolute atomic E-state index is 12.5. The molecule has 0 saturated carbocycles. The van der Waals surface area contributed by atoms with Gasteiger partial charge in [0.25, 0.3) is 5.91 Å². The number of nitrogens with one attached hydrogen (secondary N) is 1. The summed E-state index contributed by atoms with van der Waals surface area (Å²) in [6, 6.07) is 11.7. The Morgan fingerprint density at radius 1 is 1.20 bits per heavy atom. The lowest BCUT2D eigenvalue weighted by atomic mass is 10.1. The molecular weight excluding hydrogens is 416 g/mol. The number of amides is 1. The van der Waals surface area contributed by atoms with Crippen LogP contribution in [0.15, 0.2) is 58.4 Å². The molecule has 6 nitrogen and oxygen atoms in total. The summed E-state index contributed by atoms with van der Waals surface area (Å²) in [6.45, 7) is 3.46. The smallest absolute Gasteiger partial charge is 0.291 e. The Bertz CT molecular complexity index is 962. The molecular formula is C22H26N4O2S2. The molecule has 1 amide bonds. The lowest BCUT2D eigenvalue weighted by Gasteiger charge is -2.26. The number of aromatic nitrogens is 2. The molecule has 158 valence electrons. The molecule has 4 rings (SSSR count). The Hall–Kier alpha value is -2.16. The number of carbonyl (C=O) groups excluding carboxylic acids is 1. The molecule has 1 N–H and O–H groups in total. The third kappa shape index (κ3) is 5.71. The molecule has 0 bridgehead atoms. The molecule has 30 heavy (non-hydrogen) atoms. The van der Waals surface area contributed by atoms with Gasteiger partial charge in [0.15, 0.2) is 10.9 Å². The highest BCUT2D eigenvalue weighted by atomic mass is 32.2. The zero-order valence-corrected chi connectivity index (χ0v) is 18.7. The number of benzene rings is 1. The van der Waals surface area contributed by atoms with E-state index in [-0.39, 0.29) is 5.91 Å². The minimum Gasteiger partial charge on any atom is -0.455 e. The van der Waals surface area contributed by atoms with E-state index in [0.717, 1.165) is 29.6 Å². The summed E-state index contributed by atoms with van der Waals surface area (Å²) < 4.78 is 7.66. The van der Waals surface area contributed by atoms with E-state index in [4.69, 9.17) is 4.42 Å². The molecule has 0 spiro atoms. The number of nitrogens with zero attached hydrogens (tertiary/aromatic N) is 3. The molecule has 0 radical (unpaired) electrons. The quantitative estimate of drug-likeness (QED) is 0.529. The second-order valence-electron chi connectivity index (χ2n) is 7.23. The van der Waals surface area contributed by atoms with Crippen molar-refractivity contribution in [1.29, 1.82) is 0 Å². The Morgan fingerprint density at radius 2 is 2.00 bits per heavy atom. The van der Waals surface area contributed by atoms with E-state index >= 15 is 0 Å². The van der Waals surface area contributed by atoms with Gasteiger partial charge in [-0.15, -0.1) is 0 Å². The molecule has 8 heteroatoms. The van der Waals surface area contributed by atoms with Gasteiger partial charge in [-0.3, -0.25) is 4.79 Å². The highest BCUT2D eigenvalue weighted by molar-refractivity contribution is 7.99. The maximum Gasteiger partial charge on any atom is 0.291 e. The molecule has 1 aliphatic rings. The number of furan rings is 1. The van der Waals surface area contributed by atoms with Gasteiger partial charge in [0.2, 0.25) is 0 Å². The van der Waals surface area contributed by atoms with Crippen LogP contribution >= 0.6 is 23.5 Å². The van der Waals surface area contributed by atoms with Crippen LogP contribution in [0.1, 0.15) is 21.9 Å². The second-order valence-corrected chi connectivity index (χ2v) is 9.40. The number of imidazole rings is 1. The van der Waals surface area contributed by atoms with Gasteiger partial charge in [-0.05, 0) is 36.2 Å². The van der Waals surface area contributed by atoms with Crippen molar-refractivity contribution in [1.82, 2.24) is 14.5 Å². The summed E-state index contributed by atoms with van der Waals surface area (Å²) in [4.78, 5) is 19.3. The maximum atomic E-state index is 12.5. The van der Waals surface area contributed by atoms with Crippen LogP contribution in [0.3, 0.4) is 0 Å². The number of rotatable bonds is 8. The number of aryl methyl sites for hydroxylation is 1. The molecule has 2 aromatic heterocycles. The van der Waals surface area contributed by atoms with Crippen LogP contribution in [0.25, 0.3) is 0 Å². The van der Waals surface area contributed by atoms with E-state index in [2.05, 4.69) is 27.3 Å². The average Bonchev–Trinajstić information content (AvgIpc) is 3.41. The van der Waals surface area contributed by atoms with Gasteiger partial charge in [-0.25, -0.2) is 4.98 Å². The molecule has 3 heterocycles. The fourth-order valence-electron chi connectivity index (χ4n) is 3.26. The summed E-state index contributed by atoms with van der Waals surface area (Å²) in [7, 11) is 1.95. The van der Waals surface area contributed by atoms with Crippen LogP contribution in [0.5, 0.6) is 0 Å². The second kappa shape index (κ2) is 10.2. The minimum absolute atomic E-state index is 0.234. The fourth-order valence-corrected chi connectivity index (χ4v) is 5.07. The number of thioether (sulfide) groups is 2. The predicted octanol–water partition coefficient (Wildman–Crippen LogP) is 4.15. The summed E-state index contributed by atoms with van der Waals surface area (Å²) >= 11 is 3.61. The fraction of sp³-hybridized carbons (Fsp3) is 0.364. The van der Waals surface area contributed by atoms with Gasteiger partial charge in [-0.2, -0.15) is 11.8 Å². The lowest BCUT2D eigenvalue weighted by molar-refractivity contribution is 0.0995. The van der Waals surface area contributed by atoms with Crippen molar-refractivity contribution in [2.75, 3.05) is 36.5 Å². The molecule has 0 unspecified atom stereocenters. The van der Waals surface area contributed by atoms with E-state index in [0.29, 0.717) is 11.5 Å². The highest BCUT2D eigenvalue weighted by Crippen LogP contribution is 2.22. The summed E-state index contributed by atoms with van der Waals surface area (Å²) in [6.07, 6.45) is 4.71. The van der Waals surface area contributed by atoms with Crippen molar-refractivity contribution in [2.45, 2.75) is 17.3 Å². The first-order valence-electron chi connectivity index (χ1n) is 10.1. The molecule has 3 aromatic rings. The van der Waals surface area contributed by atoms with Crippen molar-refractivity contribution in [3.8, 4) is 0 Å². The first kappa shape index (κ1) is 21.1. The SMILES string of the molecule is Cn1ccnc1SCc1ccc(C(=O)Nc2ccc(CCN3CCSCC3)cc2)o1. The van der Waals surface area contributed by atoms with Gasteiger partial charge in [0.1, 0.15) is 5.76 Å². The number of hydrogen-bond donors (Lipinski definition) is 1. The van der Waals surface area contributed by atoms with E-state index in [9.17, 15) is 4.79 Å². The number of carbonyl (C=O) groups is 1. The first-order valence-corrected chi connectivity index (χ1v) is 12.2. The standard InChI is InChI=1S/C22H26N4O2S2/c1-25-11-9-23-22(25)30-16-19-6-7-20(28-19)21(27)24-18-4-2-17(3-5-18)8-10-26-12-14-29-15-13-26/h2-7,9,11H,8,10,12-16H2,1H3,(H,24,27). The Labute approximate surface area is 185 Å². The van der Waals surface area contributed by atoms with Crippen LogP contribution < -0.4 is 5.32 Å². The van der Waals surface area contributed by atoms with Crippen molar-refractivity contribution in [2.24, 2.45) is 7.05 Å². The molecule has 0 aliphatic carbocycles. The van der Waals surface area contributed by atoms with Crippen LogP contribution in [0.4, 0.5) is 5.69 Å². The van der Waals surface area contributed by atoms with Gasteiger partial charge >= 0.3 is 0 Å². The minimum atomic E-state index is -0.234. The van der Waals surface area contributed by atoms with E-state index in [1.807, 2.05) is 47.8 Å². The van der Waals surface area contributed by atoms with Crippen LogP contribution in [-0.4, -0.2) is 51.5 Å². The predicted molar refractivity (Wildman–Crippen MR) is 123 cm³/mol. The summed E-state index contributed by atoms with van der Waals surface area (Å²) in [5.41, 5.74) is 2.07. The lowest BCUT2D eigenvalue weighted by Crippen LogP contribution is -2.34. The van der Waals surface area contributed by atoms with Gasteiger partial charge in [-0.1, -0.05) is 23.9 Å². The average molecular weight is 443 g/mol. The molecule has 1 aliphatic heterocycles. The van der Waals surface area contributed by atoms with Crippen LogP contribution in [0, 0.1) is 0 Å². The zero-order valence-electron chi connectivity index (χ0n) is 17.0. The van der Waals surface area contributed by atoms with Crippen LogP contribution in [0.2, 0.25) is 0 Å². The molecule has 1 fully saturated rings. The zero-order chi connectivity index (χ0) is 20.8. The topological polar surface area (TPSA) is 63.3 Å². The van der Waals surface area contributed by atoms with E-state index in [1.54, 1.807) is 24.0 Å². The van der Waals surface area contributed by atoms with Crippen molar-refractivity contribution in [3.05, 3.63) is 65.9 Å². The Morgan fingerprint density at radius 3 is 2.73 bits per heavy atom. The van der Waals surface area contributed by atoms with Crippen molar-refractivity contribution in [3.63, 3.8) is 0 Å². The summed E-state index contributed by atoms with van der Waals surface area (Å²) in [5, 5.41) is 3.83. The highest BCUT2D eigenvalue weighted by Gasteiger charge is 2.13. The van der Waals surface area contributed by atoms with Gasteiger partial charge in [0, 0.05) is 56.3 Å². The van der Waals surface area contributed by atoms with Gasteiger partial charge in [0.05, 0.1) is 5.75 Å². The Kier molecular flexibility index (Phi) is 7.20. The van der Waals surface area contributed by atoms with Crippen LogP contribution in [-0.2, 0) is 19.2 Å². The Balaban J connectivity index is 1.26. The molecule has 1 aromatic carbocycles. The molecule has 1 saturated heterocycles. The third-order valence-corrected chi connectivity index (χ3v) is 7.06. The number of hydrogen-bond acceptors (Lipinski definition) is 6. The van der Waals surface area contributed by atoms with Gasteiger partial charge < -0.3 is 19.2 Å². The van der Waals surface area contributed by atoms with Crippen molar-refractivity contribution < 1.29 is 9.21 Å². The largest absolute Gasteiger partial charge is 0.455 e. The monoisotopic (exact) mass is 442 g/mol. The van der Waals surface area contributed by atoms with E-state index < -0.39 is 0 Å². The third-order valence-electron chi connectivity index (χ3n) is 5.04. The van der Waals surface area contributed by atoms with E-state index in [1.165, 1.54) is 30.2 Å². The number of anilines is 1. The summed E-state index contributed by atoms with van der Waals surface area (Å²) in [5.74, 6) is 3.93. The first-order chi connectivity index (χ1) is 14.7. The normalized spacial score (nSPS) is 14.7. The van der Waals surface area contributed by atoms with Crippen molar-refractivity contribution >= 4 is 35.1 Å².